The zero-order valence-corrected chi connectivity index (χ0v) is 24.3. The summed E-state index contributed by atoms with van der Waals surface area (Å²) in [5.41, 5.74) is 3.07. The van der Waals surface area contributed by atoms with Gasteiger partial charge in [-0.1, -0.05) is 12.1 Å². The highest BCUT2D eigenvalue weighted by atomic mass is 32.1. The molecule has 0 amide bonds. The van der Waals surface area contributed by atoms with Gasteiger partial charge in [0.2, 0.25) is 0 Å². The predicted molar refractivity (Wildman–Crippen MR) is 159 cm³/mol. The number of phenolic OH excluding ortho intramolecular Hbond substituents is 1. The van der Waals surface area contributed by atoms with Gasteiger partial charge in [0.15, 0.2) is 5.78 Å². The van der Waals surface area contributed by atoms with E-state index in [4.69, 9.17) is 9.72 Å². The van der Waals surface area contributed by atoms with Gasteiger partial charge in [-0.25, -0.2) is 4.98 Å². The molecule has 6 nitrogen and oxygen atoms in total. The zero-order valence-electron chi connectivity index (χ0n) is 23.4. The minimum atomic E-state index is -4.40. The summed E-state index contributed by atoms with van der Waals surface area (Å²) in [5, 5.41) is 10.4. The number of aryl methyl sites for hydroxylation is 2. The maximum Gasteiger partial charge on any atom is 0.416 e. The fourth-order valence-corrected chi connectivity index (χ4v) is 6.07. The Morgan fingerprint density at radius 3 is 2.31 bits per heavy atom. The number of methoxy groups -OCH3 is 1. The number of aromatic hydroxyl groups is 1. The summed E-state index contributed by atoms with van der Waals surface area (Å²) in [6, 6.07) is 17.9. The Bertz CT molecular complexity index is 1530. The number of aromatic nitrogens is 1. The standard InChI is InChI=1S/C32H32F3N3O3S/c1-21-19-23(5-12-28(21)39)29(40)13-14-30-27(36-31(42-30)22-3-6-24(7-4-22)32(33,34)35)20-37-15-17-38(18-16-37)25-8-10-26(41-2)11-9-25/h3-12,19,39H,13-18,20H2,1-2H3. The van der Waals surface area contributed by atoms with Crippen LogP contribution in [0.15, 0.2) is 66.7 Å². The quantitative estimate of drug-likeness (QED) is 0.211. The molecule has 5 rings (SSSR count). The molecule has 1 fully saturated rings. The van der Waals surface area contributed by atoms with Crippen LogP contribution in [0.1, 0.15) is 38.5 Å². The van der Waals surface area contributed by atoms with Gasteiger partial charge in [0.1, 0.15) is 16.5 Å². The highest BCUT2D eigenvalue weighted by Gasteiger charge is 2.30. The lowest BCUT2D eigenvalue weighted by Gasteiger charge is -2.36. The van der Waals surface area contributed by atoms with E-state index in [1.165, 1.54) is 29.5 Å². The molecule has 0 aliphatic carbocycles. The Balaban J connectivity index is 1.32. The molecule has 0 radical (unpaired) electrons. The highest BCUT2D eigenvalue weighted by molar-refractivity contribution is 7.15. The van der Waals surface area contributed by atoms with Crippen molar-refractivity contribution in [1.29, 1.82) is 0 Å². The number of halogens is 3. The number of alkyl halides is 3. The van der Waals surface area contributed by atoms with Crippen molar-refractivity contribution < 1.29 is 27.8 Å². The Hall–Kier alpha value is -3.89. The number of Topliss-reactive ketones (excluding diaryl/α,β-unsaturated/α-hetero) is 1. The molecule has 0 unspecified atom stereocenters. The molecule has 1 aliphatic rings. The van der Waals surface area contributed by atoms with Crippen LogP contribution in [0, 0.1) is 6.92 Å². The molecule has 1 N–H and O–H groups in total. The molecule has 0 saturated carbocycles. The lowest BCUT2D eigenvalue weighted by atomic mass is 10.0. The van der Waals surface area contributed by atoms with E-state index < -0.39 is 11.7 Å². The molecule has 0 spiro atoms. The van der Waals surface area contributed by atoms with E-state index in [1.807, 2.05) is 12.1 Å². The van der Waals surface area contributed by atoms with Gasteiger partial charge >= 0.3 is 6.18 Å². The van der Waals surface area contributed by atoms with Crippen LogP contribution >= 0.6 is 11.3 Å². The number of phenols is 1. The number of piperazine rings is 1. The first kappa shape index (κ1) is 29.6. The SMILES string of the molecule is COc1ccc(N2CCN(Cc3nc(-c4ccc(C(F)(F)F)cc4)sc3CCC(=O)c3ccc(O)c(C)c3)CC2)cc1. The van der Waals surface area contributed by atoms with Gasteiger partial charge < -0.3 is 14.7 Å². The number of ketones is 1. The van der Waals surface area contributed by atoms with Crippen molar-refractivity contribution in [3.8, 4) is 22.1 Å². The summed E-state index contributed by atoms with van der Waals surface area (Å²) in [7, 11) is 1.65. The van der Waals surface area contributed by atoms with Crippen molar-refractivity contribution in [2.75, 3.05) is 38.2 Å². The van der Waals surface area contributed by atoms with Crippen LogP contribution < -0.4 is 9.64 Å². The number of nitrogens with zero attached hydrogens (tertiary/aromatic N) is 3. The lowest BCUT2D eigenvalue weighted by molar-refractivity contribution is -0.137. The van der Waals surface area contributed by atoms with Gasteiger partial charge in [0.25, 0.3) is 0 Å². The molecule has 1 aromatic heterocycles. The van der Waals surface area contributed by atoms with Crippen molar-refractivity contribution in [2.24, 2.45) is 0 Å². The maximum absolute atomic E-state index is 13.1. The Labute approximate surface area is 247 Å². The minimum absolute atomic E-state index is 0.0402. The predicted octanol–water partition coefficient (Wildman–Crippen LogP) is 6.99. The number of hydrogen-bond donors (Lipinski definition) is 1. The summed E-state index contributed by atoms with van der Waals surface area (Å²) in [5.74, 6) is 0.919. The molecule has 3 aromatic carbocycles. The molecule has 2 heterocycles. The van der Waals surface area contributed by atoms with E-state index in [-0.39, 0.29) is 18.0 Å². The summed E-state index contributed by atoms with van der Waals surface area (Å²) < 4.78 is 44.6. The summed E-state index contributed by atoms with van der Waals surface area (Å²) in [4.78, 5) is 23.4. The van der Waals surface area contributed by atoms with Gasteiger partial charge in [-0.05, 0) is 73.5 Å². The Morgan fingerprint density at radius 2 is 1.69 bits per heavy atom. The van der Waals surface area contributed by atoms with E-state index >= 15 is 0 Å². The molecule has 0 atom stereocenters. The molecule has 4 aromatic rings. The van der Waals surface area contributed by atoms with Crippen molar-refractivity contribution >= 4 is 22.8 Å². The smallest absolute Gasteiger partial charge is 0.416 e. The van der Waals surface area contributed by atoms with Crippen molar-refractivity contribution in [1.82, 2.24) is 9.88 Å². The van der Waals surface area contributed by atoms with Crippen LogP contribution in [0.4, 0.5) is 18.9 Å². The van der Waals surface area contributed by atoms with E-state index in [0.29, 0.717) is 34.7 Å². The molecule has 10 heteroatoms. The van der Waals surface area contributed by atoms with Gasteiger partial charge in [0, 0.05) is 60.8 Å². The van der Waals surface area contributed by atoms with E-state index in [1.54, 1.807) is 26.2 Å². The molecule has 1 aliphatic heterocycles. The summed E-state index contributed by atoms with van der Waals surface area (Å²) >= 11 is 1.42. The number of hydrogen-bond acceptors (Lipinski definition) is 7. The number of ether oxygens (including phenoxy) is 1. The topological polar surface area (TPSA) is 65.9 Å². The number of rotatable bonds is 9. The summed E-state index contributed by atoms with van der Waals surface area (Å²) in [6.45, 7) is 5.68. The molecule has 42 heavy (non-hydrogen) atoms. The molecule has 220 valence electrons. The third kappa shape index (κ3) is 6.94. The van der Waals surface area contributed by atoms with E-state index in [0.717, 1.165) is 60.3 Å². The molecule has 0 bridgehead atoms. The van der Waals surface area contributed by atoms with Gasteiger partial charge in [-0.2, -0.15) is 13.2 Å². The second-order valence-electron chi connectivity index (χ2n) is 10.3. The number of anilines is 1. The maximum atomic E-state index is 13.1. The minimum Gasteiger partial charge on any atom is -0.508 e. The first-order valence-electron chi connectivity index (χ1n) is 13.7. The Kier molecular flexibility index (Phi) is 8.84. The van der Waals surface area contributed by atoms with Crippen LogP contribution in [0.2, 0.25) is 0 Å². The average molecular weight is 596 g/mol. The Morgan fingerprint density at radius 1 is 1.00 bits per heavy atom. The molecular weight excluding hydrogens is 563 g/mol. The van der Waals surface area contributed by atoms with Crippen LogP contribution in [0.5, 0.6) is 11.5 Å². The third-order valence-electron chi connectivity index (χ3n) is 7.52. The van der Waals surface area contributed by atoms with Gasteiger partial charge in [-0.3, -0.25) is 9.69 Å². The fourth-order valence-electron chi connectivity index (χ4n) is 5.00. The first-order valence-corrected chi connectivity index (χ1v) is 14.5. The lowest BCUT2D eigenvalue weighted by Crippen LogP contribution is -2.46. The van der Waals surface area contributed by atoms with E-state index in [9.17, 15) is 23.1 Å². The second kappa shape index (κ2) is 12.5. The monoisotopic (exact) mass is 595 g/mol. The largest absolute Gasteiger partial charge is 0.508 e. The first-order chi connectivity index (χ1) is 20.1. The van der Waals surface area contributed by atoms with Crippen LogP contribution in [-0.2, 0) is 19.1 Å². The number of thiazole rings is 1. The van der Waals surface area contributed by atoms with E-state index in [2.05, 4.69) is 21.9 Å². The number of benzene rings is 3. The highest BCUT2D eigenvalue weighted by Crippen LogP contribution is 2.34. The van der Waals surface area contributed by atoms with Crippen LogP contribution in [0.3, 0.4) is 0 Å². The number of carbonyl (C=O) groups is 1. The number of carbonyl (C=O) groups excluding carboxylic acids is 1. The zero-order chi connectivity index (χ0) is 29.9. The third-order valence-corrected chi connectivity index (χ3v) is 8.73. The van der Waals surface area contributed by atoms with Crippen LogP contribution in [-0.4, -0.2) is 54.1 Å². The van der Waals surface area contributed by atoms with Crippen LogP contribution in [0.25, 0.3) is 10.6 Å². The van der Waals surface area contributed by atoms with Gasteiger partial charge in [0.05, 0.1) is 18.4 Å². The fraction of sp³-hybridized carbons (Fsp3) is 0.312. The second-order valence-corrected chi connectivity index (χ2v) is 11.4. The normalized spacial score (nSPS) is 14.3. The molecule has 1 saturated heterocycles. The molecular formula is C32H32F3N3O3S. The van der Waals surface area contributed by atoms with Gasteiger partial charge in [-0.15, -0.1) is 11.3 Å². The average Bonchev–Trinajstić information content (AvgIpc) is 3.39. The van der Waals surface area contributed by atoms with Crippen molar-refractivity contribution in [3.05, 3.63) is 94.0 Å². The summed E-state index contributed by atoms with van der Waals surface area (Å²) in [6.07, 6.45) is -3.67. The van der Waals surface area contributed by atoms with Crippen molar-refractivity contribution in [3.63, 3.8) is 0 Å². The van der Waals surface area contributed by atoms with Crippen molar-refractivity contribution in [2.45, 2.75) is 32.5 Å².